The molecule has 1 heterocycles. The van der Waals surface area contributed by atoms with Crippen LogP contribution in [0.3, 0.4) is 0 Å². The van der Waals surface area contributed by atoms with Gasteiger partial charge in [-0.3, -0.25) is 4.79 Å². The van der Waals surface area contributed by atoms with Crippen LogP contribution >= 0.6 is 0 Å². The summed E-state index contributed by atoms with van der Waals surface area (Å²) in [7, 11) is 3.04. The van der Waals surface area contributed by atoms with Crippen LogP contribution in [0.1, 0.15) is 23.8 Å². The second-order valence-corrected chi connectivity index (χ2v) is 4.71. The van der Waals surface area contributed by atoms with Crippen LogP contribution in [0.5, 0.6) is 11.5 Å². The Hall–Kier alpha value is -2.50. The molecule has 0 bridgehead atoms. The van der Waals surface area contributed by atoms with Crippen LogP contribution in [-0.2, 0) is 11.3 Å². The number of ketones is 1. The third-order valence-electron chi connectivity index (χ3n) is 3.29. The number of nitrogens with zero attached hydrogens (tertiary/aromatic N) is 1. The molecular formula is C15H17NO5. The monoisotopic (exact) mass is 291 g/mol. The third kappa shape index (κ3) is 2.84. The number of carboxylic acids is 1. The van der Waals surface area contributed by atoms with Crippen molar-refractivity contribution in [3.63, 3.8) is 0 Å². The van der Waals surface area contributed by atoms with E-state index < -0.39 is 5.97 Å². The van der Waals surface area contributed by atoms with Gasteiger partial charge in [0, 0.05) is 24.4 Å². The van der Waals surface area contributed by atoms with Crippen LogP contribution in [-0.4, -0.2) is 35.6 Å². The number of hydrogen-bond donors (Lipinski definition) is 1. The number of hydrogen-bond acceptors (Lipinski definition) is 4. The van der Waals surface area contributed by atoms with Gasteiger partial charge in [-0.2, -0.15) is 0 Å². The minimum atomic E-state index is -1.05. The Kier molecular flexibility index (Phi) is 4.16. The molecule has 6 heteroatoms. The number of rotatable bonds is 6. The first-order chi connectivity index (χ1) is 9.97. The fourth-order valence-electron chi connectivity index (χ4n) is 2.30. The SMILES string of the molecule is COc1cc(OC)c2c(c1)cc(C(=O)O)n2CCC(C)=O. The molecule has 0 amide bonds. The van der Waals surface area contributed by atoms with Gasteiger partial charge < -0.3 is 19.1 Å². The number of methoxy groups -OCH3 is 2. The lowest BCUT2D eigenvalue weighted by atomic mass is 10.2. The average molecular weight is 291 g/mol. The van der Waals surface area contributed by atoms with Gasteiger partial charge in [-0.1, -0.05) is 0 Å². The molecule has 0 radical (unpaired) electrons. The Balaban J connectivity index is 2.68. The fraction of sp³-hybridized carbons (Fsp3) is 0.333. The smallest absolute Gasteiger partial charge is 0.352 e. The summed E-state index contributed by atoms with van der Waals surface area (Å²) < 4.78 is 12.1. The van der Waals surface area contributed by atoms with Crippen molar-refractivity contribution in [3.05, 3.63) is 23.9 Å². The van der Waals surface area contributed by atoms with Gasteiger partial charge in [-0.25, -0.2) is 4.79 Å². The molecule has 0 aliphatic carbocycles. The normalized spacial score (nSPS) is 10.6. The van der Waals surface area contributed by atoms with Gasteiger partial charge in [0.2, 0.25) is 0 Å². The highest BCUT2D eigenvalue weighted by Crippen LogP contribution is 2.34. The maximum Gasteiger partial charge on any atom is 0.352 e. The molecule has 2 rings (SSSR count). The highest BCUT2D eigenvalue weighted by atomic mass is 16.5. The molecule has 0 aliphatic rings. The maximum atomic E-state index is 11.4. The lowest BCUT2D eigenvalue weighted by molar-refractivity contribution is -0.117. The van der Waals surface area contributed by atoms with Gasteiger partial charge in [0.05, 0.1) is 19.7 Å². The van der Waals surface area contributed by atoms with Crippen LogP contribution in [0.25, 0.3) is 10.9 Å². The van der Waals surface area contributed by atoms with E-state index in [-0.39, 0.29) is 17.9 Å². The molecule has 0 saturated heterocycles. The summed E-state index contributed by atoms with van der Waals surface area (Å²) >= 11 is 0. The molecule has 6 nitrogen and oxygen atoms in total. The predicted molar refractivity (Wildman–Crippen MR) is 77.3 cm³/mol. The molecule has 0 atom stereocenters. The van der Waals surface area contributed by atoms with Crippen molar-refractivity contribution in [2.24, 2.45) is 0 Å². The second kappa shape index (κ2) is 5.87. The van der Waals surface area contributed by atoms with E-state index in [4.69, 9.17) is 9.47 Å². The molecule has 0 aliphatic heterocycles. The van der Waals surface area contributed by atoms with E-state index in [9.17, 15) is 14.7 Å². The van der Waals surface area contributed by atoms with Gasteiger partial charge in [0.25, 0.3) is 0 Å². The minimum Gasteiger partial charge on any atom is -0.497 e. The molecule has 0 unspecified atom stereocenters. The van der Waals surface area contributed by atoms with Crippen molar-refractivity contribution in [1.82, 2.24) is 4.57 Å². The largest absolute Gasteiger partial charge is 0.497 e. The number of carboxylic acid groups (broad SMARTS) is 1. The van der Waals surface area contributed by atoms with Crippen LogP contribution in [0.15, 0.2) is 18.2 Å². The highest BCUT2D eigenvalue weighted by Gasteiger charge is 2.19. The number of Topliss-reactive ketones (excluding diaryl/α,β-unsaturated/α-hetero) is 1. The first-order valence-electron chi connectivity index (χ1n) is 6.46. The van der Waals surface area contributed by atoms with Crippen molar-refractivity contribution in [3.8, 4) is 11.5 Å². The zero-order valence-electron chi connectivity index (χ0n) is 12.2. The quantitative estimate of drug-likeness (QED) is 0.883. The van der Waals surface area contributed by atoms with Crippen molar-refractivity contribution in [1.29, 1.82) is 0 Å². The Morgan fingerprint density at radius 1 is 1.19 bits per heavy atom. The van der Waals surface area contributed by atoms with E-state index in [2.05, 4.69) is 0 Å². The Morgan fingerprint density at radius 3 is 2.43 bits per heavy atom. The van der Waals surface area contributed by atoms with Gasteiger partial charge in [0.1, 0.15) is 23.0 Å². The Bertz CT molecular complexity index is 702. The van der Waals surface area contributed by atoms with Gasteiger partial charge in [-0.15, -0.1) is 0 Å². The topological polar surface area (TPSA) is 77.8 Å². The number of aryl methyl sites for hydroxylation is 1. The van der Waals surface area contributed by atoms with Gasteiger partial charge in [-0.05, 0) is 19.1 Å². The number of carbonyl (C=O) groups excluding carboxylic acids is 1. The molecular weight excluding hydrogens is 274 g/mol. The van der Waals surface area contributed by atoms with Crippen LogP contribution < -0.4 is 9.47 Å². The van der Waals surface area contributed by atoms with Crippen molar-refractivity contribution in [2.75, 3.05) is 14.2 Å². The number of aromatic nitrogens is 1. The van der Waals surface area contributed by atoms with E-state index in [1.807, 2.05) is 0 Å². The molecule has 1 N–H and O–H groups in total. The molecule has 0 saturated carbocycles. The summed E-state index contributed by atoms with van der Waals surface area (Å²) in [6.07, 6.45) is 0.263. The van der Waals surface area contributed by atoms with Gasteiger partial charge in [0.15, 0.2) is 0 Å². The summed E-state index contributed by atoms with van der Waals surface area (Å²) in [5.41, 5.74) is 0.773. The van der Waals surface area contributed by atoms with E-state index >= 15 is 0 Å². The first-order valence-corrected chi connectivity index (χ1v) is 6.46. The standard InChI is InChI=1S/C15H17NO5/c1-9(17)4-5-16-12(15(18)19)7-10-6-11(20-2)8-13(21-3)14(10)16/h6-8H,4-5H2,1-3H3,(H,18,19). The van der Waals surface area contributed by atoms with Crippen LogP contribution in [0, 0.1) is 0 Å². The van der Waals surface area contributed by atoms with Gasteiger partial charge >= 0.3 is 5.97 Å². The fourth-order valence-corrected chi connectivity index (χ4v) is 2.30. The zero-order chi connectivity index (χ0) is 15.6. The second-order valence-electron chi connectivity index (χ2n) is 4.71. The lowest BCUT2D eigenvalue weighted by Gasteiger charge is -2.11. The molecule has 21 heavy (non-hydrogen) atoms. The number of fused-ring (bicyclic) bond motifs is 1. The third-order valence-corrected chi connectivity index (χ3v) is 3.29. The Morgan fingerprint density at radius 2 is 1.90 bits per heavy atom. The molecule has 1 aromatic carbocycles. The zero-order valence-corrected chi connectivity index (χ0v) is 12.2. The summed E-state index contributed by atoms with van der Waals surface area (Å²) in [5, 5.41) is 10.0. The summed E-state index contributed by atoms with van der Waals surface area (Å²) in [6.45, 7) is 1.77. The van der Waals surface area contributed by atoms with Crippen LogP contribution in [0.2, 0.25) is 0 Å². The summed E-state index contributed by atoms with van der Waals surface area (Å²) in [6, 6.07) is 5.00. The molecule has 0 spiro atoms. The predicted octanol–water partition coefficient (Wildman–Crippen LogP) is 2.34. The average Bonchev–Trinajstić information content (AvgIpc) is 2.82. The van der Waals surface area contributed by atoms with E-state index in [1.54, 1.807) is 22.8 Å². The number of carbonyl (C=O) groups is 2. The minimum absolute atomic E-state index is 0.000618. The highest BCUT2D eigenvalue weighted by molar-refractivity contribution is 5.97. The molecule has 1 aromatic heterocycles. The van der Waals surface area contributed by atoms with E-state index in [1.165, 1.54) is 21.1 Å². The Labute approximate surface area is 121 Å². The molecule has 112 valence electrons. The van der Waals surface area contributed by atoms with Crippen molar-refractivity contribution < 1.29 is 24.2 Å². The van der Waals surface area contributed by atoms with E-state index in [0.29, 0.717) is 28.9 Å². The van der Waals surface area contributed by atoms with Crippen LogP contribution in [0.4, 0.5) is 0 Å². The number of ether oxygens (including phenoxy) is 2. The van der Waals surface area contributed by atoms with Crippen molar-refractivity contribution >= 4 is 22.7 Å². The molecule has 0 fully saturated rings. The maximum absolute atomic E-state index is 11.4. The van der Waals surface area contributed by atoms with E-state index in [0.717, 1.165) is 0 Å². The number of benzene rings is 1. The van der Waals surface area contributed by atoms with Crippen molar-refractivity contribution in [2.45, 2.75) is 19.9 Å². The summed E-state index contributed by atoms with van der Waals surface area (Å²) in [5.74, 6) is 0.0526. The number of aromatic carboxylic acids is 1. The first kappa shape index (κ1) is 14.9. The lowest BCUT2D eigenvalue weighted by Crippen LogP contribution is -2.10. The summed E-state index contributed by atoms with van der Waals surface area (Å²) in [4.78, 5) is 22.6. The molecule has 2 aromatic rings.